The van der Waals surface area contributed by atoms with Gasteiger partial charge in [0.05, 0.1) is 11.6 Å². The maximum Gasteiger partial charge on any atom is 0.137 e. The molecular formula is C18H12Cl4N4O. The molecule has 0 aliphatic carbocycles. The second kappa shape index (κ2) is 9.24. The van der Waals surface area contributed by atoms with E-state index in [9.17, 15) is 0 Å². The van der Waals surface area contributed by atoms with Crippen molar-refractivity contribution in [3.63, 3.8) is 0 Å². The van der Waals surface area contributed by atoms with Crippen LogP contribution in [-0.2, 0) is 11.4 Å². The van der Waals surface area contributed by atoms with Crippen molar-refractivity contribution < 1.29 is 4.84 Å². The molecule has 0 saturated heterocycles. The minimum Gasteiger partial charge on any atom is -0.364 e. The molecule has 0 N–H and O–H groups in total. The fourth-order valence-electron chi connectivity index (χ4n) is 2.19. The van der Waals surface area contributed by atoms with E-state index in [1.54, 1.807) is 53.5 Å². The van der Waals surface area contributed by atoms with Gasteiger partial charge in [0.15, 0.2) is 0 Å². The first kappa shape index (κ1) is 19.7. The molecule has 1 aromatic heterocycles. The Morgan fingerprint density at radius 1 is 1.04 bits per heavy atom. The predicted octanol–water partition coefficient (Wildman–Crippen LogP) is 5.98. The van der Waals surface area contributed by atoms with Crippen LogP contribution in [0, 0.1) is 0 Å². The molecule has 1 heterocycles. The first-order valence-electron chi connectivity index (χ1n) is 7.65. The predicted molar refractivity (Wildman–Crippen MR) is 110 cm³/mol. The highest BCUT2D eigenvalue weighted by Crippen LogP contribution is 2.23. The Hall–Kier alpha value is -2.05. The van der Waals surface area contributed by atoms with Crippen LogP contribution >= 0.6 is 46.4 Å². The Morgan fingerprint density at radius 2 is 1.78 bits per heavy atom. The molecule has 0 bridgehead atoms. The molecule has 0 amide bonds. The molecule has 0 saturated carbocycles. The van der Waals surface area contributed by atoms with E-state index in [-0.39, 0.29) is 0 Å². The molecule has 0 unspecified atom stereocenters. The van der Waals surface area contributed by atoms with Crippen LogP contribution in [0.5, 0.6) is 0 Å². The molecular weight excluding hydrogens is 430 g/mol. The lowest BCUT2D eigenvalue weighted by molar-refractivity contribution is 0.269. The van der Waals surface area contributed by atoms with Gasteiger partial charge in [0, 0.05) is 20.6 Å². The normalized spacial score (nSPS) is 11.9. The van der Waals surface area contributed by atoms with Gasteiger partial charge in [-0.25, -0.2) is 9.67 Å². The summed E-state index contributed by atoms with van der Waals surface area (Å²) >= 11 is 24.3. The number of aromatic nitrogens is 3. The second-order valence-corrected chi connectivity index (χ2v) is 7.02. The van der Waals surface area contributed by atoms with E-state index in [1.807, 2.05) is 0 Å². The lowest BCUT2D eigenvalue weighted by Gasteiger charge is -2.08. The van der Waals surface area contributed by atoms with Crippen molar-refractivity contribution in [3.8, 4) is 0 Å². The Morgan fingerprint density at radius 3 is 2.44 bits per heavy atom. The Bertz CT molecular complexity index is 987. The highest BCUT2D eigenvalue weighted by molar-refractivity contribution is 6.37. The quantitative estimate of drug-likeness (QED) is 0.268. The third-order valence-electron chi connectivity index (χ3n) is 3.45. The number of hydrogen-bond donors (Lipinski definition) is 0. The zero-order valence-corrected chi connectivity index (χ0v) is 16.7. The summed E-state index contributed by atoms with van der Waals surface area (Å²) in [6.07, 6.45) is 6.10. The molecule has 3 rings (SSSR count). The van der Waals surface area contributed by atoms with Crippen molar-refractivity contribution in [2.75, 3.05) is 0 Å². The molecule has 0 atom stereocenters. The van der Waals surface area contributed by atoms with Gasteiger partial charge >= 0.3 is 0 Å². The van der Waals surface area contributed by atoms with Crippen LogP contribution in [0.3, 0.4) is 0 Å². The van der Waals surface area contributed by atoms with Crippen LogP contribution in [0.1, 0.15) is 11.1 Å². The van der Waals surface area contributed by atoms with Gasteiger partial charge in [-0.05, 0) is 42.0 Å². The molecule has 0 aliphatic heterocycles. The van der Waals surface area contributed by atoms with Crippen molar-refractivity contribution >= 4 is 58.2 Å². The van der Waals surface area contributed by atoms with Gasteiger partial charge in [-0.2, -0.15) is 5.10 Å². The summed E-state index contributed by atoms with van der Waals surface area (Å²) in [7, 11) is 0. The number of nitrogens with zero attached hydrogens (tertiary/aromatic N) is 4. The van der Waals surface area contributed by atoms with Crippen molar-refractivity contribution in [2.45, 2.75) is 6.54 Å². The van der Waals surface area contributed by atoms with Crippen LogP contribution in [0.4, 0.5) is 0 Å². The summed E-state index contributed by atoms with van der Waals surface area (Å²) in [6.45, 7) is 0.316. The molecule has 0 aliphatic rings. The second-order valence-electron chi connectivity index (χ2n) is 5.33. The van der Waals surface area contributed by atoms with E-state index >= 15 is 0 Å². The summed E-state index contributed by atoms with van der Waals surface area (Å²) in [5.41, 5.74) is 1.97. The summed E-state index contributed by atoms with van der Waals surface area (Å²) in [5, 5.41) is 10.3. The highest BCUT2D eigenvalue weighted by Gasteiger charge is 2.11. The molecule has 0 radical (unpaired) electrons. The van der Waals surface area contributed by atoms with E-state index in [1.165, 1.54) is 12.6 Å². The molecule has 9 heteroatoms. The number of oxime groups is 1. The van der Waals surface area contributed by atoms with Crippen LogP contribution in [0.25, 0.3) is 6.08 Å². The Kier molecular flexibility index (Phi) is 6.74. The van der Waals surface area contributed by atoms with Crippen molar-refractivity contribution in [1.82, 2.24) is 14.8 Å². The first-order valence-corrected chi connectivity index (χ1v) is 9.16. The lowest BCUT2D eigenvalue weighted by Crippen LogP contribution is -2.13. The number of benzene rings is 2. The maximum absolute atomic E-state index is 6.29. The van der Waals surface area contributed by atoms with Gasteiger partial charge in [0.1, 0.15) is 24.6 Å². The standard InChI is InChI=1S/C18H12Cl4N4O/c19-13-2-1-12(16(21)7-13)5-6-27-25-18(9-26-11-23-10-24-26)15-4-3-14(20)8-17(15)22/h1-8,10-11H,9H2. The van der Waals surface area contributed by atoms with Crippen LogP contribution in [-0.4, -0.2) is 20.5 Å². The minimum absolute atomic E-state index is 0.316. The van der Waals surface area contributed by atoms with E-state index in [2.05, 4.69) is 15.2 Å². The van der Waals surface area contributed by atoms with Gasteiger partial charge in [-0.1, -0.05) is 57.6 Å². The molecule has 0 fully saturated rings. The SMILES string of the molecule is Clc1ccc(C=CON=C(Cn2cncn2)c2ccc(Cl)cc2Cl)c(Cl)c1. The Balaban J connectivity index is 1.82. The minimum atomic E-state index is 0.316. The van der Waals surface area contributed by atoms with Crippen molar-refractivity contribution in [1.29, 1.82) is 0 Å². The van der Waals surface area contributed by atoms with Crippen molar-refractivity contribution in [3.05, 3.63) is 86.5 Å². The number of hydrogen-bond acceptors (Lipinski definition) is 4. The van der Waals surface area contributed by atoms with Crippen LogP contribution in [0.15, 0.2) is 60.5 Å². The van der Waals surface area contributed by atoms with Gasteiger partial charge in [0.25, 0.3) is 0 Å². The zero-order chi connectivity index (χ0) is 19.2. The summed E-state index contributed by atoms with van der Waals surface area (Å²) in [6, 6.07) is 10.3. The van der Waals surface area contributed by atoms with Crippen LogP contribution in [0.2, 0.25) is 20.1 Å². The highest BCUT2D eigenvalue weighted by atomic mass is 35.5. The smallest absolute Gasteiger partial charge is 0.137 e. The zero-order valence-electron chi connectivity index (χ0n) is 13.7. The topological polar surface area (TPSA) is 52.3 Å². The third-order valence-corrected chi connectivity index (χ3v) is 4.56. The van der Waals surface area contributed by atoms with Crippen LogP contribution < -0.4 is 0 Å². The molecule has 3 aromatic rings. The average Bonchev–Trinajstić information content (AvgIpc) is 3.12. The van der Waals surface area contributed by atoms with E-state index < -0.39 is 0 Å². The largest absolute Gasteiger partial charge is 0.364 e. The monoisotopic (exact) mass is 440 g/mol. The number of halogens is 4. The summed E-state index contributed by atoms with van der Waals surface area (Å²) < 4.78 is 1.60. The van der Waals surface area contributed by atoms with Gasteiger partial charge in [-0.3, -0.25) is 0 Å². The lowest BCUT2D eigenvalue weighted by atomic mass is 10.1. The van der Waals surface area contributed by atoms with Crippen molar-refractivity contribution in [2.24, 2.45) is 5.16 Å². The average molecular weight is 442 g/mol. The first-order chi connectivity index (χ1) is 13.0. The third kappa shape index (κ3) is 5.47. The van der Waals surface area contributed by atoms with E-state index in [0.717, 1.165) is 5.56 Å². The molecule has 0 spiro atoms. The molecule has 2 aromatic carbocycles. The van der Waals surface area contributed by atoms with Gasteiger partial charge in [-0.15, -0.1) is 0 Å². The summed E-state index contributed by atoms with van der Waals surface area (Å²) in [4.78, 5) is 9.26. The van der Waals surface area contributed by atoms with E-state index in [0.29, 0.717) is 37.9 Å². The maximum atomic E-state index is 6.29. The fraction of sp³-hybridized carbons (Fsp3) is 0.0556. The number of rotatable bonds is 6. The molecule has 5 nitrogen and oxygen atoms in total. The summed E-state index contributed by atoms with van der Waals surface area (Å²) in [5.74, 6) is 0. The van der Waals surface area contributed by atoms with E-state index in [4.69, 9.17) is 51.2 Å². The fourth-order valence-corrected chi connectivity index (χ4v) is 3.18. The molecule has 138 valence electrons. The van der Waals surface area contributed by atoms with Gasteiger partial charge < -0.3 is 4.84 Å². The molecule has 27 heavy (non-hydrogen) atoms. The van der Waals surface area contributed by atoms with Gasteiger partial charge in [0.2, 0.25) is 0 Å². The Labute approximate surface area is 175 Å².